The molecule has 0 saturated carbocycles. The Kier molecular flexibility index (Phi) is 7.94. The van der Waals surface area contributed by atoms with Crippen molar-refractivity contribution in [3.63, 3.8) is 0 Å². The van der Waals surface area contributed by atoms with Crippen LogP contribution in [0, 0.1) is 6.92 Å². The van der Waals surface area contributed by atoms with Gasteiger partial charge in [0.2, 0.25) is 10.0 Å². The van der Waals surface area contributed by atoms with Gasteiger partial charge < -0.3 is 9.15 Å². The molecule has 7 nitrogen and oxygen atoms in total. The minimum Gasteiger partial charge on any atom is -0.424 e. The van der Waals surface area contributed by atoms with Gasteiger partial charge in [0, 0.05) is 17.5 Å². The molecular weight excluding hydrogens is 466 g/mol. The summed E-state index contributed by atoms with van der Waals surface area (Å²) >= 11 is 6.33. The molecule has 1 N–H and O–H groups in total. The molecular formula is C24H26ClNO6S. The number of fused-ring (bicyclic) bond motifs is 1. The fourth-order valence-electron chi connectivity index (χ4n) is 3.38. The van der Waals surface area contributed by atoms with Crippen LogP contribution in [-0.4, -0.2) is 20.4 Å². The summed E-state index contributed by atoms with van der Waals surface area (Å²) in [7, 11) is -3.95. The fourth-order valence-corrected chi connectivity index (χ4v) is 4.81. The first-order chi connectivity index (χ1) is 15.6. The summed E-state index contributed by atoms with van der Waals surface area (Å²) in [5.41, 5.74) is 1.38. The number of esters is 1. The van der Waals surface area contributed by atoms with Crippen molar-refractivity contribution in [2.24, 2.45) is 0 Å². The molecule has 0 unspecified atom stereocenters. The van der Waals surface area contributed by atoms with Crippen LogP contribution in [0.5, 0.6) is 5.75 Å². The van der Waals surface area contributed by atoms with Gasteiger partial charge in [0.05, 0.1) is 9.92 Å². The third-order valence-corrected chi connectivity index (χ3v) is 7.02. The van der Waals surface area contributed by atoms with Crippen LogP contribution >= 0.6 is 11.6 Å². The molecule has 0 radical (unpaired) electrons. The number of aryl methyl sites for hydroxylation is 2. The van der Waals surface area contributed by atoms with Crippen molar-refractivity contribution in [1.29, 1.82) is 0 Å². The largest absolute Gasteiger partial charge is 0.424 e. The number of carbonyl (C=O) groups excluding carboxylic acids is 1. The van der Waals surface area contributed by atoms with Crippen molar-refractivity contribution >= 4 is 38.6 Å². The molecule has 1 aromatic heterocycles. The zero-order chi connectivity index (χ0) is 24.2. The quantitative estimate of drug-likeness (QED) is 0.263. The number of rotatable bonds is 9. The SMILES string of the molecule is CCCC[C@@H](NS(=O)(=O)c1ccc(C)cc1)C(=O)Oc1cc2oc(=O)cc(CC)c2cc1Cl. The predicted molar refractivity (Wildman–Crippen MR) is 127 cm³/mol. The molecule has 3 rings (SSSR count). The normalized spacial score (nSPS) is 12.6. The molecule has 2 aromatic carbocycles. The summed E-state index contributed by atoms with van der Waals surface area (Å²) in [5.74, 6) is -0.809. The van der Waals surface area contributed by atoms with Crippen molar-refractivity contribution in [3.8, 4) is 5.75 Å². The standard InChI is InChI=1S/C24H26ClNO6S/c1-4-6-7-20(26-33(29,30)17-10-8-15(3)9-11-17)24(28)32-22-14-21-18(13-19(22)25)16(5-2)12-23(27)31-21/h8-14,20,26H,4-7H2,1-3H3/t20-/m1/s1. The van der Waals surface area contributed by atoms with Gasteiger partial charge in [-0.05, 0) is 43.5 Å². The lowest BCUT2D eigenvalue weighted by atomic mass is 10.1. The van der Waals surface area contributed by atoms with Gasteiger partial charge in [-0.2, -0.15) is 4.72 Å². The van der Waals surface area contributed by atoms with Crippen LogP contribution < -0.4 is 15.1 Å². The first-order valence-electron chi connectivity index (χ1n) is 10.7. The zero-order valence-electron chi connectivity index (χ0n) is 18.7. The molecule has 0 aliphatic rings. The Labute approximate surface area is 197 Å². The lowest BCUT2D eigenvalue weighted by molar-refractivity contribution is -0.136. The summed E-state index contributed by atoms with van der Waals surface area (Å²) in [6, 6.07) is 9.55. The Morgan fingerprint density at radius 2 is 1.85 bits per heavy atom. The zero-order valence-corrected chi connectivity index (χ0v) is 20.3. The average Bonchev–Trinajstić information content (AvgIpc) is 2.77. The molecule has 1 heterocycles. The fraction of sp³-hybridized carbons (Fsp3) is 0.333. The molecule has 1 atom stereocenters. The second kappa shape index (κ2) is 10.5. The van der Waals surface area contributed by atoms with Gasteiger partial charge in [0.1, 0.15) is 11.6 Å². The van der Waals surface area contributed by atoms with Gasteiger partial charge in [-0.3, -0.25) is 0 Å². The van der Waals surface area contributed by atoms with E-state index >= 15 is 0 Å². The molecule has 0 amide bonds. The van der Waals surface area contributed by atoms with Gasteiger partial charge >= 0.3 is 11.6 Å². The van der Waals surface area contributed by atoms with Crippen LogP contribution in [0.3, 0.4) is 0 Å². The maximum absolute atomic E-state index is 13.0. The highest BCUT2D eigenvalue weighted by Crippen LogP contribution is 2.32. The summed E-state index contributed by atoms with van der Waals surface area (Å²) in [4.78, 5) is 24.9. The van der Waals surface area contributed by atoms with Crippen LogP contribution in [0.2, 0.25) is 5.02 Å². The molecule has 3 aromatic rings. The third kappa shape index (κ3) is 6.01. The minimum absolute atomic E-state index is 0.0124. The summed E-state index contributed by atoms with van der Waals surface area (Å²) in [5, 5.41) is 0.791. The lowest BCUT2D eigenvalue weighted by Gasteiger charge is -2.18. The maximum Gasteiger partial charge on any atom is 0.336 e. The number of hydrogen-bond acceptors (Lipinski definition) is 6. The molecule has 9 heteroatoms. The Morgan fingerprint density at radius 1 is 1.15 bits per heavy atom. The van der Waals surface area contributed by atoms with Crippen molar-refractivity contribution < 1.29 is 22.4 Å². The highest BCUT2D eigenvalue weighted by atomic mass is 35.5. The smallest absolute Gasteiger partial charge is 0.336 e. The average molecular weight is 492 g/mol. The van der Waals surface area contributed by atoms with E-state index in [9.17, 15) is 18.0 Å². The van der Waals surface area contributed by atoms with Crippen LogP contribution in [-0.2, 0) is 21.2 Å². The van der Waals surface area contributed by atoms with Crippen molar-refractivity contribution in [2.75, 3.05) is 0 Å². The lowest BCUT2D eigenvalue weighted by Crippen LogP contribution is -2.43. The van der Waals surface area contributed by atoms with Crippen LogP contribution in [0.25, 0.3) is 11.0 Å². The number of benzene rings is 2. The van der Waals surface area contributed by atoms with E-state index in [1.807, 2.05) is 20.8 Å². The summed E-state index contributed by atoms with van der Waals surface area (Å²) in [6.45, 7) is 5.68. The van der Waals surface area contributed by atoms with Crippen molar-refractivity contribution in [1.82, 2.24) is 4.72 Å². The molecule has 0 saturated heterocycles. The van der Waals surface area contributed by atoms with E-state index in [4.69, 9.17) is 20.8 Å². The summed E-state index contributed by atoms with van der Waals surface area (Å²) in [6.07, 6.45) is 2.21. The Hall–Kier alpha value is -2.68. The van der Waals surface area contributed by atoms with E-state index in [0.29, 0.717) is 18.2 Å². The number of carbonyl (C=O) groups is 1. The number of ether oxygens (including phenoxy) is 1. The Bertz CT molecular complexity index is 1320. The van der Waals surface area contributed by atoms with E-state index in [0.717, 1.165) is 17.5 Å². The molecule has 0 fully saturated rings. The molecule has 33 heavy (non-hydrogen) atoms. The topological polar surface area (TPSA) is 103 Å². The predicted octanol–water partition coefficient (Wildman–Crippen LogP) is 4.76. The van der Waals surface area contributed by atoms with Gasteiger partial charge in [-0.25, -0.2) is 18.0 Å². The van der Waals surface area contributed by atoms with Crippen LogP contribution in [0.15, 0.2) is 56.6 Å². The Balaban J connectivity index is 1.89. The first kappa shape index (κ1) is 25.0. The molecule has 0 aliphatic heterocycles. The summed E-state index contributed by atoms with van der Waals surface area (Å²) < 4.78 is 38.8. The maximum atomic E-state index is 13.0. The molecule has 0 aliphatic carbocycles. The van der Waals surface area contributed by atoms with E-state index in [1.165, 1.54) is 24.3 Å². The number of nitrogens with one attached hydrogen (secondary N) is 1. The van der Waals surface area contributed by atoms with Gasteiger partial charge in [0.15, 0.2) is 5.75 Å². The van der Waals surface area contributed by atoms with Gasteiger partial charge in [-0.15, -0.1) is 0 Å². The molecule has 0 bridgehead atoms. The van der Waals surface area contributed by atoms with Crippen LogP contribution in [0.4, 0.5) is 0 Å². The second-order valence-corrected chi connectivity index (χ2v) is 9.89. The monoisotopic (exact) mass is 491 g/mol. The van der Waals surface area contributed by atoms with Crippen LogP contribution in [0.1, 0.15) is 44.2 Å². The van der Waals surface area contributed by atoms with E-state index < -0.39 is 27.7 Å². The van der Waals surface area contributed by atoms with E-state index in [2.05, 4.69) is 4.72 Å². The van der Waals surface area contributed by atoms with Crippen molar-refractivity contribution in [2.45, 2.75) is 57.4 Å². The number of unbranched alkanes of at least 4 members (excludes halogenated alkanes) is 1. The van der Waals surface area contributed by atoms with E-state index in [1.54, 1.807) is 18.2 Å². The van der Waals surface area contributed by atoms with Crippen molar-refractivity contribution in [3.05, 3.63) is 69.0 Å². The minimum atomic E-state index is -3.95. The number of hydrogen-bond donors (Lipinski definition) is 1. The Morgan fingerprint density at radius 3 is 2.48 bits per heavy atom. The van der Waals surface area contributed by atoms with E-state index in [-0.39, 0.29) is 27.7 Å². The van der Waals surface area contributed by atoms with Gasteiger partial charge in [0.25, 0.3) is 0 Å². The third-order valence-electron chi connectivity index (χ3n) is 5.23. The molecule has 0 spiro atoms. The van der Waals surface area contributed by atoms with Gasteiger partial charge in [-0.1, -0.05) is 56.0 Å². The number of sulfonamides is 1. The highest BCUT2D eigenvalue weighted by molar-refractivity contribution is 7.89. The first-order valence-corrected chi connectivity index (χ1v) is 12.6. The number of halogens is 1. The second-order valence-electron chi connectivity index (χ2n) is 7.77. The molecule has 176 valence electrons. The highest BCUT2D eigenvalue weighted by Gasteiger charge is 2.28.